The Bertz CT molecular complexity index is 1520. The number of fused-ring (bicyclic) bond motifs is 3. The average Bonchev–Trinajstić information content (AvgIpc) is 3.23. The molecule has 4 saturated heterocycles. The van der Waals surface area contributed by atoms with Crippen LogP contribution in [0.5, 0.6) is 0 Å². The molecule has 21 atom stereocenters. The highest BCUT2D eigenvalue weighted by atomic mass is 16.7. The lowest BCUT2D eigenvalue weighted by molar-refractivity contribution is -0.362. The third kappa shape index (κ3) is 12.7. The first kappa shape index (κ1) is 52.4. The summed E-state index contributed by atoms with van der Waals surface area (Å²) in [5.74, 6) is -5.51. The van der Waals surface area contributed by atoms with Crippen molar-refractivity contribution in [2.45, 2.75) is 222 Å². The van der Waals surface area contributed by atoms with E-state index in [1.54, 1.807) is 6.92 Å². The van der Waals surface area contributed by atoms with E-state index < -0.39 is 114 Å². The van der Waals surface area contributed by atoms with Gasteiger partial charge in [0, 0.05) is 56.6 Å². The summed E-state index contributed by atoms with van der Waals surface area (Å²) in [4.78, 5) is 13.7. The molecule has 5 aliphatic heterocycles. The molecule has 2 bridgehead atoms. The van der Waals surface area contributed by atoms with Gasteiger partial charge in [-0.05, 0) is 83.6 Å². The maximum Gasteiger partial charge on any atom is 0.330 e. The number of allylic oxidation sites excluding steroid dienone is 1. The minimum Gasteiger partial charge on any atom is -0.459 e. The lowest BCUT2D eigenvalue weighted by atomic mass is 9.77. The Morgan fingerprint density at radius 3 is 2.30 bits per heavy atom. The molecule has 0 saturated carbocycles. The normalized spacial score (nSPS) is 50.3. The Morgan fingerprint density at radius 2 is 1.62 bits per heavy atom. The molecule has 63 heavy (non-hydrogen) atoms. The fourth-order valence-corrected chi connectivity index (χ4v) is 10.1. The Morgan fingerprint density at radius 1 is 0.905 bits per heavy atom. The van der Waals surface area contributed by atoms with Crippen LogP contribution in [0, 0.1) is 29.6 Å². The van der Waals surface area contributed by atoms with Gasteiger partial charge in [-0.15, -0.1) is 0 Å². The molecular formula is C47H80O16. The standard InChI is InChI=1S/C47H80O16/c1-10-32(48)21-33-27(3)15-19-46(62-33)23-35-28(4)36(63-46)24-47(56)31(20-26(2)25-58-47)14-12-11-13-17-44(7,54)43(53)41(61-38-22-34(57-9)40(51)30(6)59-38)39(50)29(5)42(52)45(8,55)18-16-37(49)60-35/h12,14,16,18,26-36,38-43,48,50-56H,10-11,13,15,17,19-25H2,1-9H3/b14-12+,18-16+/t26-,27-,28-,29-,30+,31+,32+,33-,34-,35-,36-,38-,39+,40+,41-,42-,43+,44+,45+,46+,47-/m0/s1. The van der Waals surface area contributed by atoms with Gasteiger partial charge in [0.2, 0.25) is 0 Å². The van der Waals surface area contributed by atoms with Gasteiger partial charge in [0.25, 0.3) is 0 Å². The molecule has 0 unspecified atom stereocenters. The molecule has 0 aromatic carbocycles. The summed E-state index contributed by atoms with van der Waals surface area (Å²) in [5.41, 5.74) is -3.97. The van der Waals surface area contributed by atoms with Crippen LogP contribution >= 0.6 is 0 Å². The summed E-state index contributed by atoms with van der Waals surface area (Å²) in [6.07, 6.45) is -2.72. The van der Waals surface area contributed by atoms with Crippen molar-refractivity contribution in [3.8, 4) is 0 Å². The summed E-state index contributed by atoms with van der Waals surface area (Å²) in [6.45, 7) is 14.0. The Labute approximate surface area is 373 Å². The van der Waals surface area contributed by atoms with Crippen molar-refractivity contribution in [3.05, 3.63) is 24.3 Å². The molecule has 5 aliphatic rings. The number of hydrogen-bond donors (Lipinski definition) is 8. The first-order valence-electron chi connectivity index (χ1n) is 23.4. The van der Waals surface area contributed by atoms with Crippen molar-refractivity contribution in [1.29, 1.82) is 0 Å². The monoisotopic (exact) mass is 901 g/mol. The maximum absolute atomic E-state index is 13.7. The number of hydrogen-bond acceptors (Lipinski definition) is 16. The van der Waals surface area contributed by atoms with Gasteiger partial charge < -0.3 is 74.0 Å². The molecule has 0 radical (unpaired) electrons. The minimum absolute atomic E-state index is 0.0294. The Balaban J connectivity index is 1.49. The quantitative estimate of drug-likeness (QED) is 0.141. The van der Waals surface area contributed by atoms with E-state index in [4.69, 9.17) is 33.2 Å². The summed E-state index contributed by atoms with van der Waals surface area (Å²) < 4.78 is 43.6. The van der Waals surface area contributed by atoms with Gasteiger partial charge in [-0.2, -0.15) is 0 Å². The van der Waals surface area contributed by atoms with E-state index in [-0.39, 0.29) is 43.6 Å². The number of methoxy groups -OCH3 is 1. The number of aliphatic hydroxyl groups is 8. The lowest BCUT2D eigenvalue weighted by Gasteiger charge is -2.53. The van der Waals surface area contributed by atoms with Gasteiger partial charge >= 0.3 is 5.97 Å². The van der Waals surface area contributed by atoms with Gasteiger partial charge in [0.1, 0.15) is 30.0 Å². The highest BCUT2D eigenvalue weighted by molar-refractivity contribution is 5.82. The minimum atomic E-state index is -2.13. The molecule has 5 rings (SSSR count). The largest absolute Gasteiger partial charge is 0.459 e. The summed E-state index contributed by atoms with van der Waals surface area (Å²) >= 11 is 0. The zero-order valence-corrected chi connectivity index (χ0v) is 39.0. The summed E-state index contributed by atoms with van der Waals surface area (Å²) in [5, 5.41) is 92.3. The molecule has 8 N–H and O–H groups in total. The molecular weight excluding hydrogens is 821 g/mol. The van der Waals surface area contributed by atoms with Crippen LogP contribution in [0.15, 0.2) is 24.3 Å². The second kappa shape index (κ2) is 21.6. The number of aliphatic hydroxyl groups excluding tert-OH is 5. The van der Waals surface area contributed by atoms with Crippen molar-refractivity contribution in [2.75, 3.05) is 13.7 Å². The van der Waals surface area contributed by atoms with Crippen LogP contribution in [0.25, 0.3) is 0 Å². The highest BCUT2D eigenvalue weighted by Crippen LogP contribution is 2.48. The van der Waals surface area contributed by atoms with Crippen LogP contribution < -0.4 is 0 Å². The number of carbonyl (C=O) groups excluding carboxylic acids is 1. The van der Waals surface area contributed by atoms with Crippen LogP contribution in [0.1, 0.15) is 126 Å². The third-order valence-corrected chi connectivity index (χ3v) is 14.8. The zero-order chi connectivity index (χ0) is 46.7. The van der Waals surface area contributed by atoms with Crippen LogP contribution in [0.4, 0.5) is 0 Å². The second-order valence-electron chi connectivity index (χ2n) is 20.2. The first-order chi connectivity index (χ1) is 29.4. The third-order valence-electron chi connectivity index (χ3n) is 14.8. The maximum atomic E-state index is 13.7. The van der Waals surface area contributed by atoms with Crippen molar-refractivity contribution in [3.63, 3.8) is 0 Å². The summed E-state index contributed by atoms with van der Waals surface area (Å²) in [6, 6.07) is 0. The van der Waals surface area contributed by atoms with Gasteiger partial charge in [-0.3, -0.25) is 0 Å². The molecule has 0 amide bonds. The predicted molar refractivity (Wildman–Crippen MR) is 229 cm³/mol. The zero-order valence-electron chi connectivity index (χ0n) is 39.0. The van der Waals surface area contributed by atoms with E-state index in [1.807, 2.05) is 32.9 Å². The molecule has 16 heteroatoms. The van der Waals surface area contributed by atoms with E-state index in [0.717, 1.165) is 18.6 Å². The molecule has 1 spiro atoms. The highest BCUT2D eigenvalue weighted by Gasteiger charge is 2.55. The predicted octanol–water partition coefficient (Wildman–Crippen LogP) is 3.16. The molecule has 16 nitrogen and oxygen atoms in total. The summed E-state index contributed by atoms with van der Waals surface area (Å²) in [7, 11) is 1.43. The fraction of sp³-hybridized carbons (Fsp3) is 0.894. The Hall–Kier alpha value is -1.61. The van der Waals surface area contributed by atoms with Gasteiger partial charge in [-0.25, -0.2) is 4.79 Å². The topological polar surface area (TPSA) is 244 Å². The number of carbonyl (C=O) groups is 1. The van der Waals surface area contributed by atoms with Crippen molar-refractivity contribution < 1.29 is 78.8 Å². The molecule has 4 fully saturated rings. The molecule has 5 heterocycles. The van der Waals surface area contributed by atoms with Gasteiger partial charge in [-0.1, -0.05) is 46.8 Å². The van der Waals surface area contributed by atoms with Crippen LogP contribution in [0.2, 0.25) is 0 Å². The second-order valence-corrected chi connectivity index (χ2v) is 20.2. The smallest absolute Gasteiger partial charge is 0.330 e. The Kier molecular flexibility index (Phi) is 17.9. The molecule has 364 valence electrons. The van der Waals surface area contributed by atoms with Crippen LogP contribution in [-0.4, -0.2) is 157 Å². The van der Waals surface area contributed by atoms with Crippen molar-refractivity contribution in [1.82, 2.24) is 0 Å². The number of esters is 1. The lowest BCUT2D eigenvalue weighted by Crippen LogP contribution is -2.59. The fourth-order valence-electron chi connectivity index (χ4n) is 10.1. The first-order valence-corrected chi connectivity index (χ1v) is 23.4. The van der Waals surface area contributed by atoms with E-state index in [1.165, 1.54) is 27.9 Å². The molecule has 0 aromatic heterocycles. The van der Waals surface area contributed by atoms with Crippen molar-refractivity contribution in [2.24, 2.45) is 29.6 Å². The van der Waals surface area contributed by atoms with E-state index in [9.17, 15) is 45.6 Å². The number of rotatable bonds is 6. The van der Waals surface area contributed by atoms with Gasteiger partial charge in [0.15, 0.2) is 17.9 Å². The van der Waals surface area contributed by atoms with E-state index in [2.05, 4.69) is 6.92 Å². The van der Waals surface area contributed by atoms with Crippen LogP contribution in [0.3, 0.4) is 0 Å². The van der Waals surface area contributed by atoms with Crippen molar-refractivity contribution >= 4 is 5.97 Å². The van der Waals surface area contributed by atoms with Gasteiger partial charge in [0.05, 0.1) is 54.9 Å². The molecule has 0 aromatic rings. The molecule has 0 aliphatic carbocycles. The van der Waals surface area contributed by atoms with Crippen LogP contribution in [-0.2, 0) is 38.0 Å². The van der Waals surface area contributed by atoms with E-state index >= 15 is 0 Å². The average molecular weight is 901 g/mol. The van der Waals surface area contributed by atoms with E-state index in [0.29, 0.717) is 45.1 Å². The number of ether oxygens (including phenoxy) is 7. The SMILES string of the molecule is CC[C@@H](O)C[C@@H]1O[C@@]2(CC[C@@H]1C)C[C@@H]1OC(=O)/C=C/[C@@](C)(O)[C@@H](O)[C@@H](C)[C@@H](O)[C@H](O[C@H]3C[C@H](OC)[C@H](O)[C@@H](C)O3)[C@@H](O)[C@](C)(O)CCC/C=C/[C@@H]3C[C@H](C)CO[C@@]3(O)C[C@H](O2)[C@H]1C.